The highest BCUT2D eigenvalue weighted by molar-refractivity contribution is 6.07. The topological polar surface area (TPSA) is 102 Å². The van der Waals surface area contributed by atoms with Crippen LogP contribution in [0.2, 0.25) is 0 Å². The number of para-hydroxylation sites is 1. The number of fused-ring (bicyclic) bond motifs is 2. The number of amides is 3. The molecular formula is C21H21N3O4. The zero-order valence-electron chi connectivity index (χ0n) is 15.3. The van der Waals surface area contributed by atoms with Gasteiger partial charge >= 0.3 is 0 Å². The Hall–Kier alpha value is -3.19. The molecule has 2 aliphatic rings. The molecule has 144 valence electrons. The lowest BCUT2D eigenvalue weighted by molar-refractivity contribution is -0.139. The van der Waals surface area contributed by atoms with Gasteiger partial charge in [0.2, 0.25) is 17.7 Å². The molecule has 0 unspecified atom stereocenters. The molecule has 2 heterocycles. The van der Waals surface area contributed by atoms with Gasteiger partial charge in [-0.2, -0.15) is 0 Å². The number of nitrogens with two attached hydrogens (primary N) is 1. The first-order valence-electron chi connectivity index (χ1n) is 9.15. The number of hydrogen-bond donors (Lipinski definition) is 2. The van der Waals surface area contributed by atoms with E-state index in [1.165, 1.54) is 0 Å². The van der Waals surface area contributed by atoms with Gasteiger partial charge in [0, 0.05) is 12.2 Å². The van der Waals surface area contributed by atoms with E-state index in [9.17, 15) is 14.4 Å². The molecule has 0 bridgehead atoms. The summed E-state index contributed by atoms with van der Waals surface area (Å²) in [4.78, 5) is 38.6. The van der Waals surface area contributed by atoms with Crippen LogP contribution in [0.4, 0.5) is 5.69 Å². The fourth-order valence-corrected chi connectivity index (χ4v) is 4.38. The molecule has 1 spiro atoms. The second kappa shape index (κ2) is 7.09. The molecule has 7 nitrogen and oxygen atoms in total. The standard InChI is InChI=1S/C21H21N3O4/c22-17(25)12-28-13-18(26)24-11-10-21(19(24)14-6-2-1-3-7-14)15-8-4-5-9-16(15)23-20(21)27/h1-9,19H,10-13H2,(H2,22,25)(H,23,27)/t19-,21+/m0/s1. The molecule has 2 aromatic carbocycles. The summed E-state index contributed by atoms with van der Waals surface area (Å²) in [6.07, 6.45) is 0.511. The highest BCUT2D eigenvalue weighted by Gasteiger charge is 2.59. The fourth-order valence-electron chi connectivity index (χ4n) is 4.38. The molecule has 0 saturated carbocycles. The normalized spacial score (nSPS) is 22.9. The molecule has 3 amide bonds. The third-order valence-electron chi connectivity index (χ3n) is 5.49. The third kappa shape index (κ3) is 2.84. The van der Waals surface area contributed by atoms with Gasteiger partial charge in [-0.05, 0) is 23.6 Å². The molecule has 4 rings (SSSR count). The lowest BCUT2D eigenvalue weighted by Crippen LogP contribution is -2.43. The summed E-state index contributed by atoms with van der Waals surface area (Å²) in [5.41, 5.74) is 6.80. The molecule has 0 radical (unpaired) electrons. The molecule has 7 heteroatoms. The molecular weight excluding hydrogens is 358 g/mol. The Labute approximate surface area is 162 Å². The largest absolute Gasteiger partial charge is 0.368 e. The summed E-state index contributed by atoms with van der Waals surface area (Å²) in [7, 11) is 0. The van der Waals surface area contributed by atoms with Crippen molar-refractivity contribution < 1.29 is 19.1 Å². The van der Waals surface area contributed by atoms with E-state index in [1.807, 2.05) is 54.6 Å². The lowest BCUT2D eigenvalue weighted by Gasteiger charge is -2.34. The fraction of sp³-hybridized carbons (Fsp3) is 0.286. The number of carbonyl (C=O) groups is 3. The zero-order valence-corrected chi connectivity index (χ0v) is 15.3. The Morgan fingerprint density at radius 3 is 2.57 bits per heavy atom. The average Bonchev–Trinajstić information content (AvgIpc) is 3.22. The number of primary amides is 1. The van der Waals surface area contributed by atoms with Gasteiger partial charge in [-0.1, -0.05) is 48.5 Å². The third-order valence-corrected chi connectivity index (χ3v) is 5.49. The molecule has 28 heavy (non-hydrogen) atoms. The van der Waals surface area contributed by atoms with Crippen molar-refractivity contribution in [3.05, 3.63) is 65.7 Å². The predicted octanol–water partition coefficient (Wildman–Crippen LogP) is 1.35. The summed E-state index contributed by atoms with van der Waals surface area (Å²) in [5.74, 6) is -1.01. The van der Waals surface area contributed by atoms with E-state index in [4.69, 9.17) is 10.5 Å². The number of anilines is 1. The van der Waals surface area contributed by atoms with Gasteiger partial charge in [0.15, 0.2) is 0 Å². The summed E-state index contributed by atoms with van der Waals surface area (Å²) in [6.45, 7) is -0.157. The molecule has 2 aromatic rings. The Morgan fingerprint density at radius 2 is 1.82 bits per heavy atom. The van der Waals surface area contributed by atoms with Crippen LogP contribution in [0.25, 0.3) is 0 Å². The van der Waals surface area contributed by atoms with Crippen molar-refractivity contribution >= 4 is 23.4 Å². The first-order chi connectivity index (χ1) is 13.5. The number of hydrogen-bond acceptors (Lipinski definition) is 4. The van der Waals surface area contributed by atoms with E-state index in [-0.39, 0.29) is 25.0 Å². The van der Waals surface area contributed by atoms with E-state index in [1.54, 1.807) is 4.90 Å². The van der Waals surface area contributed by atoms with Crippen LogP contribution in [-0.2, 0) is 24.5 Å². The summed E-state index contributed by atoms with van der Waals surface area (Å²) < 4.78 is 5.13. The van der Waals surface area contributed by atoms with Crippen molar-refractivity contribution in [2.45, 2.75) is 17.9 Å². The van der Waals surface area contributed by atoms with Crippen LogP contribution in [0, 0.1) is 0 Å². The number of benzene rings is 2. The first kappa shape index (κ1) is 18.2. The van der Waals surface area contributed by atoms with Crippen LogP contribution in [0.3, 0.4) is 0 Å². The van der Waals surface area contributed by atoms with Crippen molar-refractivity contribution in [1.29, 1.82) is 0 Å². The van der Waals surface area contributed by atoms with Gasteiger partial charge in [-0.25, -0.2) is 0 Å². The van der Waals surface area contributed by atoms with Gasteiger partial charge in [-0.3, -0.25) is 14.4 Å². The SMILES string of the molecule is NC(=O)COCC(=O)N1CC[C@]2(C(=O)Nc3ccccc32)[C@@H]1c1ccccc1. The van der Waals surface area contributed by atoms with E-state index >= 15 is 0 Å². The molecule has 1 fully saturated rings. The number of carbonyl (C=O) groups excluding carboxylic acids is 3. The number of nitrogens with zero attached hydrogens (tertiary/aromatic N) is 1. The van der Waals surface area contributed by atoms with E-state index in [0.29, 0.717) is 13.0 Å². The minimum atomic E-state index is -0.850. The maximum absolute atomic E-state index is 13.2. The van der Waals surface area contributed by atoms with Crippen LogP contribution in [0.1, 0.15) is 23.6 Å². The number of likely N-dealkylation sites (tertiary alicyclic amines) is 1. The minimum Gasteiger partial charge on any atom is -0.368 e. The second-order valence-corrected chi connectivity index (χ2v) is 7.08. The molecule has 1 saturated heterocycles. The zero-order chi connectivity index (χ0) is 19.7. The van der Waals surface area contributed by atoms with E-state index in [0.717, 1.165) is 16.8 Å². The minimum absolute atomic E-state index is 0.101. The van der Waals surface area contributed by atoms with Crippen molar-refractivity contribution in [1.82, 2.24) is 4.90 Å². The van der Waals surface area contributed by atoms with Crippen molar-refractivity contribution in [3.63, 3.8) is 0 Å². The quantitative estimate of drug-likeness (QED) is 0.819. The van der Waals surface area contributed by atoms with Crippen molar-refractivity contribution in [2.75, 3.05) is 25.1 Å². The van der Waals surface area contributed by atoms with Gasteiger partial charge in [0.1, 0.15) is 18.6 Å². The number of ether oxygens (including phenoxy) is 1. The number of rotatable bonds is 5. The monoisotopic (exact) mass is 379 g/mol. The highest BCUT2D eigenvalue weighted by Crippen LogP contribution is 2.54. The number of nitrogens with one attached hydrogen (secondary N) is 1. The Kier molecular flexibility index (Phi) is 4.60. The van der Waals surface area contributed by atoms with Crippen molar-refractivity contribution in [3.8, 4) is 0 Å². The van der Waals surface area contributed by atoms with Crippen LogP contribution < -0.4 is 11.1 Å². The van der Waals surface area contributed by atoms with E-state index < -0.39 is 17.4 Å². The van der Waals surface area contributed by atoms with Crippen LogP contribution in [0.15, 0.2) is 54.6 Å². The smallest absolute Gasteiger partial charge is 0.249 e. The van der Waals surface area contributed by atoms with Gasteiger partial charge < -0.3 is 20.7 Å². The second-order valence-electron chi connectivity index (χ2n) is 7.08. The van der Waals surface area contributed by atoms with Gasteiger partial charge in [0.05, 0.1) is 6.04 Å². The van der Waals surface area contributed by atoms with Crippen LogP contribution in [0.5, 0.6) is 0 Å². The molecule has 2 aliphatic heterocycles. The Bertz CT molecular complexity index is 930. The highest BCUT2D eigenvalue weighted by atomic mass is 16.5. The summed E-state index contributed by atoms with van der Waals surface area (Å²) in [5, 5.41) is 2.98. The summed E-state index contributed by atoms with van der Waals surface area (Å²) in [6, 6.07) is 16.7. The van der Waals surface area contributed by atoms with Gasteiger partial charge in [0.25, 0.3) is 0 Å². The molecule has 0 aromatic heterocycles. The maximum atomic E-state index is 13.2. The summed E-state index contributed by atoms with van der Waals surface area (Å²) >= 11 is 0. The maximum Gasteiger partial charge on any atom is 0.249 e. The van der Waals surface area contributed by atoms with Crippen LogP contribution in [-0.4, -0.2) is 42.4 Å². The Morgan fingerprint density at radius 1 is 1.11 bits per heavy atom. The van der Waals surface area contributed by atoms with Crippen LogP contribution >= 0.6 is 0 Å². The van der Waals surface area contributed by atoms with E-state index in [2.05, 4.69) is 5.32 Å². The Balaban J connectivity index is 1.73. The molecule has 3 N–H and O–H groups in total. The average molecular weight is 379 g/mol. The van der Waals surface area contributed by atoms with Gasteiger partial charge in [-0.15, -0.1) is 0 Å². The van der Waals surface area contributed by atoms with Crippen molar-refractivity contribution in [2.24, 2.45) is 5.73 Å². The predicted molar refractivity (Wildman–Crippen MR) is 102 cm³/mol. The first-order valence-corrected chi connectivity index (χ1v) is 9.15. The molecule has 2 atom stereocenters. The lowest BCUT2D eigenvalue weighted by atomic mass is 9.72. The molecule has 0 aliphatic carbocycles.